The molecule has 1 aromatic heterocycles. The van der Waals surface area contributed by atoms with Crippen molar-refractivity contribution in [2.45, 2.75) is 52.4 Å². The second-order valence-electron chi connectivity index (χ2n) is 4.53. The van der Waals surface area contributed by atoms with E-state index in [1.54, 1.807) is 11.3 Å². The normalized spacial score (nSPS) is 11.2. The summed E-state index contributed by atoms with van der Waals surface area (Å²) in [6.07, 6.45) is 5.00. The van der Waals surface area contributed by atoms with E-state index in [4.69, 9.17) is 0 Å². The lowest BCUT2D eigenvalue weighted by atomic mass is 10.2. The van der Waals surface area contributed by atoms with Gasteiger partial charge in [-0.3, -0.25) is 0 Å². The van der Waals surface area contributed by atoms with E-state index in [9.17, 15) is 0 Å². The van der Waals surface area contributed by atoms with Crippen molar-refractivity contribution in [3.05, 3.63) is 16.1 Å². The van der Waals surface area contributed by atoms with Crippen LogP contribution in [0.5, 0.6) is 0 Å². The van der Waals surface area contributed by atoms with E-state index in [0.717, 1.165) is 19.5 Å². The zero-order valence-electron chi connectivity index (χ0n) is 10.8. The van der Waals surface area contributed by atoms with Gasteiger partial charge >= 0.3 is 0 Å². The van der Waals surface area contributed by atoms with Crippen LogP contribution in [0.15, 0.2) is 5.38 Å². The van der Waals surface area contributed by atoms with Crippen LogP contribution in [0.1, 0.15) is 56.7 Å². The van der Waals surface area contributed by atoms with Gasteiger partial charge in [-0.05, 0) is 18.9 Å². The molecular formula is C13H24N2S. The van der Waals surface area contributed by atoms with Crippen molar-refractivity contribution in [2.75, 3.05) is 13.1 Å². The maximum absolute atomic E-state index is 4.62. The van der Waals surface area contributed by atoms with Gasteiger partial charge in [0.25, 0.3) is 0 Å². The lowest BCUT2D eigenvalue weighted by molar-refractivity contribution is 0.615. The molecule has 1 rings (SSSR count). The minimum absolute atomic E-state index is 0.558. The summed E-state index contributed by atoms with van der Waals surface area (Å²) in [6, 6.07) is 0. The molecule has 0 aliphatic carbocycles. The standard InChI is InChI=1S/C13H24N2S/c1-4-5-6-8-14-9-7-13-15-12(10-16-13)11(2)3/h10-11,14H,4-9H2,1-3H3. The van der Waals surface area contributed by atoms with Gasteiger partial charge in [-0.15, -0.1) is 11.3 Å². The number of hydrogen-bond acceptors (Lipinski definition) is 3. The minimum Gasteiger partial charge on any atom is -0.316 e. The molecule has 92 valence electrons. The molecule has 0 unspecified atom stereocenters. The first kappa shape index (κ1) is 13.7. The maximum atomic E-state index is 4.62. The molecule has 0 atom stereocenters. The average molecular weight is 240 g/mol. The van der Waals surface area contributed by atoms with E-state index in [2.05, 4.69) is 36.5 Å². The van der Waals surface area contributed by atoms with Crippen LogP contribution in [-0.4, -0.2) is 18.1 Å². The topological polar surface area (TPSA) is 24.9 Å². The van der Waals surface area contributed by atoms with E-state index in [-0.39, 0.29) is 0 Å². The molecule has 0 aromatic carbocycles. The van der Waals surface area contributed by atoms with Crippen LogP contribution in [0, 0.1) is 0 Å². The highest BCUT2D eigenvalue weighted by atomic mass is 32.1. The van der Waals surface area contributed by atoms with Crippen molar-refractivity contribution in [1.29, 1.82) is 0 Å². The van der Waals surface area contributed by atoms with E-state index >= 15 is 0 Å². The fraction of sp³-hybridized carbons (Fsp3) is 0.769. The van der Waals surface area contributed by atoms with Crippen molar-refractivity contribution in [3.63, 3.8) is 0 Å². The Kier molecular flexibility index (Phi) is 6.65. The minimum atomic E-state index is 0.558. The van der Waals surface area contributed by atoms with Crippen LogP contribution >= 0.6 is 11.3 Å². The molecule has 0 saturated carbocycles. The highest BCUT2D eigenvalue weighted by Crippen LogP contribution is 2.17. The van der Waals surface area contributed by atoms with Crippen molar-refractivity contribution >= 4 is 11.3 Å². The lowest BCUT2D eigenvalue weighted by Gasteiger charge is -2.02. The Balaban J connectivity index is 2.12. The summed E-state index contributed by atoms with van der Waals surface area (Å²) >= 11 is 1.80. The third-order valence-electron chi connectivity index (χ3n) is 2.63. The first-order valence-electron chi connectivity index (χ1n) is 6.39. The maximum Gasteiger partial charge on any atom is 0.0941 e. The summed E-state index contributed by atoms with van der Waals surface area (Å²) in [5.41, 5.74) is 1.24. The van der Waals surface area contributed by atoms with Gasteiger partial charge in [0.05, 0.1) is 10.7 Å². The number of nitrogens with one attached hydrogen (secondary N) is 1. The fourth-order valence-electron chi connectivity index (χ4n) is 1.53. The van der Waals surface area contributed by atoms with E-state index in [0.29, 0.717) is 5.92 Å². The quantitative estimate of drug-likeness (QED) is 0.702. The molecule has 0 fully saturated rings. The summed E-state index contributed by atoms with van der Waals surface area (Å²) in [5.74, 6) is 0.558. The Morgan fingerprint density at radius 1 is 1.31 bits per heavy atom. The Morgan fingerprint density at radius 2 is 2.12 bits per heavy atom. The van der Waals surface area contributed by atoms with Gasteiger partial charge in [-0.25, -0.2) is 4.98 Å². The summed E-state index contributed by atoms with van der Waals surface area (Å²) < 4.78 is 0. The predicted molar refractivity (Wildman–Crippen MR) is 72.3 cm³/mol. The van der Waals surface area contributed by atoms with Crippen molar-refractivity contribution in [2.24, 2.45) is 0 Å². The zero-order chi connectivity index (χ0) is 11.8. The molecule has 0 saturated heterocycles. The SMILES string of the molecule is CCCCCNCCc1nc(C(C)C)cs1. The predicted octanol–water partition coefficient (Wildman–Crippen LogP) is 3.59. The summed E-state index contributed by atoms with van der Waals surface area (Å²) in [7, 11) is 0. The molecule has 0 aliphatic heterocycles. The van der Waals surface area contributed by atoms with Crippen LogP contribution in [-0.2, 0) is 6.42 Å². The Morgan fingerprint density at radius 3 is 2.75 bits per heavy atom. The van der Waals surface area contributed by atoms with Gasteiger partial charge in [-0.1, -0.05) is 33.6 Å². The third kappa shape index (κ3) is 5.08. The second kappa shape index (κ2) is 7.80. The molecular weight excluding hydrogens is 216 g/mol. The number of unbranched alkanes of at least 4 members (excludes halogenated alkanes) is 2. The molecule has 1 aromatic rings. The highest BCUT2D eigenvalue weighted by Gasteiger charge is 2.04. The molecule has 16 heavy (non-hydrogen) atoms. The number of aromatic nitrogens is 1. The molecule has 2 nitrogen and oxygen atoms in total. The lowest BCUT2D eigenvalue weighted by Crippen LogP contribution is -2.18. The van der Waals surface area contributed by atoms with Gasteiger partial charge in [0.1, 0.15) is 0 Å². The molecule has 0 radical (unpaired) electrons. The molecule has 0 amide bonds. The van der Waals surface area contributed by atoms with Crippen molar-refractivity contribution in [1.82, 2.24) is 10.3 Å². The second-order valence-corrected chi connectivity index (χ2v) is 5.47. The molecule has 0 spiro atoms. The van der Waals surface area contributed by atoms with E-state index < -0.39 is 0 Å². The van der Waals surface area contributed by atoms with Gasteiger partial charge in [-0.2, -0.15) is 0 Å². The Labute approximate surface area is 103 Å². The van der Waals surface area contributed by atoms with Crippen LogP contribution in [0.4, 0.5) is 0 Å². The Hall–Kier alpha value is -0.410. The van der Waals surface area contributed by atoms with Gasteiger partial charge in [0, 0.05) is 18.3 Å². The summed E-state index contributed by atoms with van der Waals surface area (Å²) in [5, 5.41) is 6.94. The highest BCUT2D eigenvalue weighted by molar-refractivity contribution is 7.09. The van der Waals surface area contributed by atoms with Gasteiger partial charge in [0.15, 0.2) is 0 Å². The van der Waals surface area contributed by atoms with Crippen LogP contribution in [0.3, 0.4) is 0 Å². The average Bonchev–Trinajstić information content (AvgIpc) is 2.72. The van der Waals surface area contributed by atoms with Crippen molar-refractivity contribution in [3.8, 4) is 0 Å². The van der Waals surface area contributed by atoms with Gasteiger partial charge in [0.2, 0.25) is 0 Å². The van der Waals surface area contributed by atoms with Crippen LogP contribution < -0.4 is 5.32 Å². The number of hydrogen-bond donors (Lipinski definition) is 1. The first-order chi connectivity index (χ1) is 7.74. The molecule has 3 heteroatoms. The summed E-state index contributed by atoms with van der Waals surface area (Å²) in [4.78, 5) is 4.62. The first-order valence-corrected chi connectivity index (χ1v) is 7.27. The number of thiazole rings is 1. The smallest absolute Gasteiger partial charge is 0.0941 e. The van der Waals surface area contributed by atoms with E-state index in [1.807, 2.05) is 0 Å². The molecule has 1 heterocycles. The van der Waals surface area contributed by atoms with E-state index in [1.165, 1.54) is 30.0 Å². The Bertz CT molecular complexity index is 281. The van der Waals surface area contributed by atoms with Crippen LogP contribution in [0.2, 0.25) is 0 Å². The van der Waals surface area contributed by atoms with Crippen molar-refractivity contribution < 1.29 is 0 Å². The number of nitrogens with zero attached hydrogens (tertiary/aromatic N) is 1. The van der Waals surface area contributed by atoms with Gasteiger partial charge < -0.3 is 5.32 Å². The third-order valence-corrected chi connectivity index (χ3v) is 3.56. The summed E-state index contributed by atoms with van der Waals surface area (Å²) in [6.45, 7) is 8.84. The zero-order valence-corrected chi connectivity index (χ0v) is 11.6. The molecule has 0 bridgehead atoms. The fourth-order valence-corrected chi connectivity index (χ4v) is 2.49. The van der Waals surface area contributed by atoms with Crippen LogP contribution in [0.25, 0.3) is 0 Å². The molecule has 0 aliphatic rings. The number of rotatable bonds is 8. The monoisotopic (exact) mass is 240 g/mol. The molecule has 1 N–H and O–H groups in total. The largest absolute Gasteiger partial charge is 0.316 e.